The number of benzene rings is 1. The predicted molar refractivity (Wildman–Crippen MR) is 65.9 cm³/mol. The number of nitrogens with two attached hydrogens (primary N) is 1. The van der Waals surface area contributed by atoms with Crippen LogP contribution in [0.3, 0.4) is 0 Å². The Balaban J connectivity index is 2.86. The molecule has 0 aliphatic carbocycles. The van der Waals surface area contributed by atoms with Crippen molar-refractivity contribution >= 4 is 7.32 Å². The maximum atomic E-state index is 8.72. The lowest BCUT2D eigenvalue weighted by Gasteiger charge is -2.15. The average molecular weight is 239 g/mol. The molecule has 0 spiro atoms. The van der Waals surface area contributed by atoms with Crippen molar-refractivity contribution in [1.29, 1.82) is 0 Å². The number of ether oxygens (including phenoxy) is 1. The topological polar surface area (TPSA) is 84.9 Å². The second-order valence-electron chi connectivity index (χ2n) is 4.12. The molecule has 6 heteroatoms. The van der Waals surface area contributed by atoms with Gasteiger partial charge in [-0.3, -0.25) is 0 Å². The van der Waals surface area contributed by atoms with Crippen molar-refractivity contribution in [3.8, 4) is 11.5 Å². The third-order valence-corrected chi connectivity index (χ3v) is 2.17. The van der Waals surface area contributed by atoms with Gasteiger partial charge in [-0.1, -0.05) is 0 Å². The van der Waals surface area contributed by atoms with Crippen LogP contribution in [0, 0.1) is 13.8 Å². The van der Waals surface area contributed by atoms with E-state index in [1.54, 1.807) is 12.1 Å². The van der Waals surface area contributed by atoms with Gasteiger partial charge in [-0.15, -0.1) is 0 Å². The highest BCUT2D eigenvalue weighted by Gasteiger charge is 2.14. The quantitative estimate of drug-likeness (QED) is 0.646. The van der Waals surface area contributed by atoms with E-state index in [9.17, 15) is 0 Å². The molecule has 0 fully saturated rings. The molecule has 0 saturated carbocycles. The highest BCUT2D eigenvalue weighted by molar-refractivity contribution is 6.33. The molecule has 5 nitrogen and oxygen atoms in total. The van der Waals surface area contributed by atoms with Crippen molar-refractivity contribution in [2.75, 3.05) is 6.61 Å². The molecule has 17 heavy (non-hydrogen) atoms. The van der Waals surface area contributed by atoms with Crippen LogP contribution in [-0.2, 0) is 0 Å². The van der Waals surface area contributed by atoms with Crippen LogP contribution in [-0.4, -0.2) is 30.0 Å². The van der Waals surface area contributed by atoms with Gasteiger partial charge in [-0.2, -0.15) is 0 Å². The van der Waals surface area contributed by atoms with Crippen LogP contribution < -0.4 is 15.1 Å². The Labute approximate surface area is 101 Å². The fraction of sp³-hybridized carbons (Fsp3) is 0.455. The lowest BCUT2D eigenvalue weighted by atomic mass is 10.1. The summed E-state index contributed by atoms with van der Waals surface area (Å²) >= 11 is 0. The van der Waals surface area contributed by atoms with Crippen molar-refractivity contribution in [3.05, 3.63) is 23.3 Å². The van der Waals surface area contributed by atoms with E-state index in [-0.39, 0.29) is 6.04 Å². The van der Waals surface area contributed by atoms with E-state index in [0.29, 0.717) is 12.4 Å². The van der Waals surface area contributed by atoms with E-state index < -0.39 is 7.32 Å². The van der Waals surface area contributed by atoms with E-state index in [0.717, 1.165) is 16.9 Å². The first-order valence-electron chi connectivity index (χ1n) is 5.42. The van der Waals surface area contributed by atoms with Gasteiger partial charge < -0.3 is 25.2 Å². The summed E-state index contributed by atoms with van der Waals surface area (Å²) in [6.45, 7) is 6.02. The zero-order valence-electron chi connectivity index (χ0n) is 10.3. The molecule has 1 atom stereocenters. The molecule has 0 radical (unpaired) electrons. The normalized spacial score (nSPS) is 12.1. The second-order valence-corrected chi connectivity index (χ2v) is 4.12. The summed E-state index contributed by atoms with van der Waals surface area (Å²) < 4.78 is 10.4. The largest absolute Gasteiger partial charge is 0.707 e. The van der Waals surface area contributed by atoms with Gasteiger partial charge in [-0.05, 0) is 44.0 Å². The molecule has 1 unspecified atom stereocenters. The van der Waals surface area contributed by atoms with E-state index >= 15 is 0 Å². The Morgan fingerprint density at radius 2 is 1.82 bits per heavy atom. The van der Waals surface area contributed by atoms with E-state index in [1.165, 1.54) is 0 Å². The van der Waals surface area contributed by atoms with Crippen molar-refractivity contribution in [1.82, 2.24) is 0 Å². The van der Waals surface area contributed by atoms with Crippen molar-refractivity contribution in [2.24, 2.45) is 5.73 Å². The van der Waals surface area contributed by atoms with Crippen molar-refractivity contribution < 1.29 is 19.4 Å². The number of rotatable bonds is 5. The predicted octanol–water partition coefficient (Wildman–Crippen LogP) is 0.378. The molecule has 1 aromatic carbocycles. The lowest BCUT2D eigenvalue weighted by Crippen LogP contribution is -2.24. The van der Waals surface area contributed by atoms with Crippen LogP contribution in [0.2, 0.25) is 0 Å². The van der Waals surface area contributed by atoms with E-state index in [4.69, 9.17) is 25.2 Å². The summed E-state index contributed by atoms with van der Waals surface area (Å²) in [6.07, 6.45) is 0. The molecule has 0 amide bonds. The van der Waals surface area contributed by atoms with Gasteiger partial charge in [0.15, 0.2) is 0 Å². The molecule has 0 aliphatic rings. The molecular formula is C11H18BNO4. The van der Waals surface area contributed by atoms with Gasteiger partial charge in [0, 0.05) is 6.04 Å². The molecule has 1 aromatic rings. The average Bonchev–Trinajstić information content (AvgIpc) is 2.14. The minimum absolute atomic E-state index is 0.0380. The molecule has 0 aromatic heterocycles. The second kappa shape index (κ2) is 5.91. The Bertz CT molecular complexity index is 359. The maximum Gasteiger partial charge on any atom is 0.707 e. The Morgan fingerprint density at radius 1 is 1.29 bits per heavy atom. The molecule has 0 saturated heterocycles. The zero-order chi connectivity index (χ0) is 13.0. The smallest absolute Gasteiger partial charge is 0.512 e. The van der Waals surface area contributed by atoms with Crippen molar-refractivity contribution in [2.45, 2.75) is 26.8 Å². The van der Waals surface area contributed by atoms with Crippen molar-refractivity contribution in [3.63, 3.8) is 0 Å². The molecule has 0 aliphatic heterocycles. The van der Waals surface area contributed by atoms with Gasteiger partial charge in [0.25, 0.3) is 0 Å². The Kier molecular flexibility index (Phi) is 4.80. The molecule has 0 heterocycles. The standard InChI is InChI=1S/C11H18BNO4/c1-7-4-10(17-12(14)15)5-8(2)11(7)16-6-9(3)13/h4-5,9,14-15H,6,13H2,1-3H3. The van der Waals surface area contributed by atoms with Crippen LogP contribution in [0.15, 0.2) is 12.1 Å². The molecule has 0 bridgehead atoms. The first-order valence-corrected chi connectivity index (χ1v) is 5.42. The van der Waals surface area contributed by atoms with E-state index in [2.05, 4.69) is 0 Å². The summed E-state index contributed by atoms with van der Waals surface area (Å²) in [4.78, 5) is 0. The minimum Gasteiger partial charge on any atom is -0.512 e. The van der Waals surface area contributed by atoms with Gasteiger partial charge in [0.2, 0.25) is 0 Å². The van der Waals surface area contributed by atoms with Gasteiger partial charge in [0.05, 0.1) is 0 Å². The fourth-order valence-corrected chi connectivity index (χ4v) is 1.54. The van der Waals surface area contributed by atoms with E-state index in [1.807, 2.05) is 20.8 Å². The third kappa shape index (κ3) is 4.26. The van der Waals surface area contributed by atoms with Crippen LogP contribution >= 0.6 is 0 Å². The number of hydrogen-bond acceptors (Lipinski definition) is 5. The third-order valence-electron chi connectivity index (χ3n) is 2.17. The highest BCUT2D eigenvalue weighted by atomic mass is 16.6. The summed E-state index contributed by atoms with van der Waals surface area (Å²) in [5.41, 5.74) is 7.35. The molecular weight excluding hydrogens is 221 g/mol. The number of aryl methyl sites for hydroxylation is 2. The SMILES string of the molecule is Cc1cc(OB(O)O)cc(C)c1OCC(C)N. The van der Waals surface area contributed by atoms with Gasteiger partial charge in [0.1, 0.15) is 18.1 Å². The van der Waals surface area contributed by atoms with Gasteiger partial charge >= 0.3 is 7.32 Å². The van der Waals surface area contributed by atoms with Crippen LogP contribution in [0.1, 0.15) is 18.1 Å². The monoisotopic (exact) mass is 239 g/mol. The van der Waals surface area contributed by atoms with Crippen LogP contribution in [0.5, 0.6) is 11.5 Å². The van der Waals surface area contributed by atoms with Crippen LogP contribution in [0.4, 0.5) is 0 Å². The maximum absolute atomic E-state index is 8.72. The fourth-order valence-electron chi connectivity index (χ4n) is 1.54. The molecule has 1 rings (SSSR count). The number of hydrogen-bond donors (Lipinski definition) is 3. The Morgan fingerprint density at radius 3 is 2.24 bits per heavy atom. The summed E-state index contributed by atoms with van der Waals surface area (Å²) in [7, 11) is -1.82. The summed E-state index contributed by atoms with van der Waals surface area (Å²) in [6, 6.07) is 3.33. The summed E-state index contributed by atoms with van der Waals surface area (Å²) in [5, 5.41) is 17.4. The Hall–Kier alpha value is -1.24. The summed E-state index contributed by atoms with van der Waals surface area (Å²) in [5.74, 6) is 1.14. The molecule has 94 valence electrons. The van der Waals surface area contributed by atoms with Gasteiger partial charge in [-0.25, -0.2) is 0 Å². The zero-order valence-corrected chi connectivity index (χ0v) is 10.3. The minimum atomic E-state index is -1.82. The molecule has 4 N–H and O–H groups in total. The first-order chi connectivity index (χ1) is 7.90. The first kappa shape index (κ1) is 13.8. The highest BCUT2D eigenvalue weighted by Crippen LogP contribution is 2.28. The van der Waals surface area contributed by atoms with Crippen LogP contribution in [0.25, 0.3) is 0 Å². The lowest BCUT2D eigenvalue weighted by molar-refractivity contribution is 0.284.